The predicted molar refractivity (Wildman–Crippen MR) is 60.6 cm³/mol. The third-order valence-corrected chi connectivity index (χ3v) is 2.41. The van der Waals surface area contributed by atoms with Gasteiger partial charge in [0, 0.05) is 11.4 Å². The molecule has 0 unspecified atom stereocenters. The van der Waals surface area contributed by atoms with Gasteiger partial charge in [-0.25, -0.2) is 4.79 Å². The van der Waals surface area contributed by atoms with Crippen LogP contribution in [0.3, 0.4) is 0 Å². The van der Waals surface area contributed by atoms with Crippen molar-refractivity contribution < 1.29 is 9.90 Å². The molecule has 0 amide bonds. The number of allylic oxidation sites excluding steroid dienone is 1. The zero-order valence-electron chi connectivity index (χ0n) is 7.77. The Morgan fingerprint density at radius 1 is 1.60 bits per heavy atom. The zero-order valence-corrected chi connectivity index (χ0v) is 9.36. The van der Waals surface area contributed by atoms with Crippen LogP contribution in [0.2, 0.25) is 0 Å². The molecule has 0 spiro atoms. The van der Waals surface area contributed by atoms with Crippen LogP contribution in [0, 0.1) is 11.3 Å². The van der Waals surface area contributed by atoms with Gasteiger partial charge < -0.3 is 5.11 Å². The fourth-order valence-corrected chi connectivity index (χ4v) is 1.62. The fourth-order valence-electron chi connectivity index (χ4n) is 1.14. The summed E-state index contributed by atoms with van der Waals surface area (Å²) in [6.07, 6.45) is 1.13. The minimum absolute atomic E-state index is 0.439. The maximum Gasteiger partial charge on any atom is 0.328 e. The van der Waals surface area contributed by atoms with Gasteiger partial charge in [-0.1, -0.05) is 28.1 Å². The van der Waals surface area contributed by atoms with Gasteiger partial charge in [-0.2, -0.15) is 5.26 Å². The Balaban J connectivity index is 3.14. The van der Waals surface area contributed by atoms with Crippen LogP contribution in [0.1, 0.15) is 11.1 Å². The highest BCUT2D eigenvalue weighted by atomic mass is 79.9. The molecule has 0 aliphatic rings. The van der Waals surface area contributed by atoms with Gasteiger partial charge in [0.15, 0.2) is 0 Å². The number of aliphatic carboxylic acids is 1. The SMILES string of the molecule is N#Cc1cccc(C(=CC(=O)O)CBr)c1. The Kier molecular flexibility index (Phi) is 4.07. The van der Waals surface area contributed by atoms with E-state index in [9.17, 15) is 4.79 Å². The molecule has 4 heteroatoms. The number of carbonyl (C=O) groups is 1. The molecule has 0 aliphatic carbocycles. The van der Waals surface area contributed by atoms with Gasteiger partial charge in [0.25, 0.3) is 0 Å². The quantitative estimate of drug-likeness (QED) is 0.675. The van der Waals surface area contributed by atoms with Crippen molar-refractivity contribution in [3.05, 3.63) is 41.5 Å². The summed E-state index contributed by atoms with van der Waals surface area (Å²) >= 11 is 3.21. The molecule has 0 heterocycles. The van der Waals surface area contributed by atoms with E-state index in [1.807, 2.05) is 6.07 Å². The van der Waals surface area contributed by atoms with Crippen molar-refractivity contribution in [1.29, 1.82) is 5.26 Å². The number of halogens is 1. The van der Waals surface area contributed by atoms with E-state index in [1.165, 1.54) is 0 Å². The second-order valence-electron chi connectivity index (χ2n) is 2.83. The van der Waals surface area contributed by atoms with E-state index in [0.717, 1.165) is 11.6 Å². The number of alkyl halides is 1. The second kappa shape index (κ2) is 5.32. The summed E-state index contributed by atoms with van der Waals surface area (Å²) in [5, 5.41) is 17.8. The Morgan fingerprint density at radius 2 is 2.33 bits per heavy atom. The van der Waals surface area contributed by atoms with Crippen LogP contribution in [-0.2, 0) is 4.79 Å². The molecular weight excluding hydrogens is 258 g/mol. The van der Waals surface area contributed by atoms with Crippen LogP contribution in [0.25, 0.3) is 5.57 Å². The highest BCUT2D eigenvalue weighted by Crippen LogP contribution is 2.17. The number of hydrogen-bond donors (Lipinski definition) is 1. The summed E-state index contributed by atoms with van der Waals surface area (Å²) in [6, 6.07) is 8.85. The summed E-state index contributed by atoms with van der Waals surface area (Å²) in [7, 11) is 0. The van der Waals surface area contributed by atoms with Crippen LogP contribution in [0.4, 0.5) is 0 Å². The van der Waals surface area contributed by atoms with Crippen molar-refractivity contribution in [2.45, 2.75) is 0 Å². The van der Waals surface area contributed by atoms with Crippen LogP contribution in [0.5, 0.6) is 0 Å². The lowest BCUT2D eigenvalue weighted by atomic mass is 10.0. The van der Waals surface area contributed by atoms with Crippen molar-refractivity contribution in [2.75, 3.05) is 5.33 Å². The lowest BCUT2D eigenvalue weighted by Gasteiger charge is -2.02. The van der Waals surface area contributed by atoms with Gasteiger partial charge in [-0.05, 0) is 23.3 Å². The van der Waals surface area contributed by atoms with Gasteiger partial charge >= 0.3 is 5.97 Å². The topological polar surface area (TPSA) is 61.1 Å². The van der Waals surface area contributed by atoms with E-state index in [2.05, 4.69) is 15.9 Å². The van der Waals surface area contributed by atoms with Crippen LogP contribution in [0.15, 0.2) is 30.3 Å². The standard InChI is InChI=1S/C11H8BrNO2/c12-6-10(5-11(14)15)9-3-1-2-8(4-9)7-13/h1-5H,6H2,(H,14,15). The Hall–Kier alpha value is -1.60. The summed E-state index contributed by atoms with van der Waals surface area (Å²) in [5.41, 5.74) is 1.90. The lowest BCUT2D eigenvalue weighted by Crippen LogP contribution is -1.94. The average molecular weight is 266 g/mol. The third-order valence-electron chi connectivity index (χ3n) is 1.80. The number of carboxylic acids is 1. The number of hydrogen-bond acceptors (Lipinski definition) is 2. The zero-order chi connectivity index (χ0) is 11.3. The van der Waals surface area contributed by atoms with Gasteiger partial charge in [0.05, 0.1) is 11.6 Å². The lowest BCUT2D eigenvalue weighted by molar-refractivity contribution is -0.131. The molecule has 0 atom stereocenters. The second-order valence-corrected chi connectivity index (χ2v) is 3.39. The molecule has 1 N–H and O–H groups in total. The normalized spacial score (nSPS) is 10.8. The monoisotopic (exact) mass is 265 g/mol. The number of nitrogens with zero attached hydrogens (tertiary/aromatic N) is 1. The van der Waals surface area contributed by atoms with E-state index in [1.54, 1.807) is 24.3 Å². The Labute approximate surface area is 95.8 Å². The Morgan fingerprint density at radius 3 is 2.87 bits per heavy atom. The highest BCUT2D eigenvalue weighted by molar-refractivity contribution is 9.09. The first-order chi connectivity index (χ1) is 7.17. The molecule has 76 valence electrons. The predicted octanol–water partition coefficient (Wildman–Crippen LogP) is 2.42. The molecule has 0 bridgehead atoms. The molecule has 0 saturated carbocycles. The van der Waals surface area contributed by atoms with Crippen LogP contribution in [-0.4, -0.2) is 16.4 Å². The summed E-state index contributed by atoms with van der Waals surface area (Å²) in [6.45, 7) is 0. The fraction of sp³-hybridized carbons (Fsp3) is 0.0909. The highest BCUT2D eigenvalue weighted by Gasteiger charge is 2.03. The van der Waals surface area contributed by atoms with Crippen molar-refractivity contribution in [3.8, 4) is 6.07 Å². The van der Waals surface area contributed by atoms with E-state index in [-0.39, 0.29) is 0 Å². The first kappa shape index (κ1) is 11.5. The number of nitriles is 1. The smallest absolute Gasteiger partial charge is 0.328 e. The van der Waals surface area contributed by atoms with Gasteiger partial charge in [0.1, 0.15) is 0 Å². The molecule has 0 aromatic heterocycles. The minimum Gasteiger partial charge on any atom is -0.478 e. The molecule has 0 radical (unpaired) electrons. The van der Waals surface area contributed by atoms with Crippen LogP contribution < -0.4 is 0 Å². The molecule has 0 saturated heterocycles. The molecular formula is C11H8BrNO2. The van der Waals surface area contributed by atoms with Crippen LogP contribution >= 0.6 is 15.9 Å². The summed E-state index contributed by atoms with van der Waals surface area (Å²) in [4.78, 5) is 10.5. The summed E-state index contributed by atoms with van der Waals surface area (Å²) in [5.74, 6) is -0.994. The molecule has 15 heavy (non-hydrogen) atoms. The molecule has 3 nitrogen and oxygen atoms in total. The number of rotatable bonds is 3. The first-order valence-electron chi connectivity index (χ1n) is 4.17. The van der Waals surface area contributed by atoms with Gasteiger partial charge in [-0.3, -0.25) is 0 Å². The molecule has 1 aromatic rings. The average Bonchev–Trinajstić information content (AvgIpc) is 2.25. The van der Waals surface area contributed by atoms with E-state index >= 15 is 0 Å². The molecule has 0 fully saturated rings. The minimum atomic E-state index is -0.994. The van der Waals surface area contributed by atoms with Gasteiger partial charge in [0.2, 0.25) is 0 Å². The first-order valence-corrected chi connectivity index (χ1v) is 5.29. The summed E-state index contributed by atoms with van der Waals surface area (Å²) < 4.78 is 0. The maximum atomic E-state index is 10.5. The van der Waals surface area contributed by atoms with Crippen molar-refractivity contribution >= 4 is 27.5 Å². The maximum absolute atomic E-state index is 10.5. The number of benzene rings is 1. The third kappa shape index (κ3) is 3.22. The van der Waals surface area contributed by atoms with Crippen molar-refractivity contribution in [3.63, 3.8) is 0 Å². The molecule has 0 aliphatic heterocycles. The van der Waals surface area contributed by atoms with Crippen molar-refractivity contribution in [1.82, 2.24) is 0 Å². The van der Waals surface area contributed by atoms with E-state index in [4.69, 9.17) is 10.4 Å². The van der Waals surface area contributed by atoms with E-state index in [0.29, 0.717) is 16.5 Å². The van der Waals surface area contributed by atoms with Crippen molar-refractivity contribution in [2.24, 2.45) is 0 Å². The van der Waals surface area contributed by atoms with Gasteiger partial charge in [-0.15, -0.1) is 0 Å². The molecule has 1 aromatic carbocycles. The largest absolute Gasteiger partial charge is 0.478 e. The Bertz CT molecular complexity index is 446. The van der Waals surface area contributed by atoms with E-state index < -0.39 is 5.97 Å². The number of carboxylic acid groups (broad SMARTS) is 1. The molecule has 1 rings (SSSR count).